The Balaban J connectivity index is 1.28. The minimum atomic E-state index is -2.01. The second-order valence-corrected chi connectivity index (χ2v) is 20.1. The highest BCUT2D eigenvalue weighted by Crippen LogP contribution is 2.67. The molecular formula is C60H64N4O8. The predicted molar refractivity (Wildman–Crippen MR) is 274 cm³/mol. The summed E-state index contributed by atoms with van der Waals surface area (Å²) < 4.78 is 13.1. The van der Waals surface area contributed by atoms with Gasteiger partial charge < -0.3 is 29.9 Å². The molecule has 12 heteroatoms. The molecule has 0 aromatic heterocycles. The van der Waals surface area contributed by atoms with Gasteiger partial charge in [-0.05, 0) is 92.0 Å². The first kappa shape index (κ1) is 48.8. The number of rotatable bonds is 9. The van der Waals surface area contributed by atoms with Crippen LogP contribution >= 0.6 is 0 Å². The first-order chi connectivity index (χ1) is 35.1. The van der Waals surface area contributed by atoms with Crippen molar-refractivity contribution in [2.75, 3.05) is 31.2 Å². The zero-order chi connectivity index (χ0) is 49.8. The Kier molecular flexibility index (Phi) is 14.3. The van der Waals surface area contributed by atoms with Crippen LogP contribution in [0, 0.1) is 17.8 Å². The first-order valence-corrected chi connectivity index (χ1v) is 25.9. The molecule has 1 saturated carbocycles. The van der Waals surface area contributed by atoms with Crippen molar-refractivity contribution in [3.63, 3.8) is 0 Å². The molecule has 4 fully saturated rings. The fraction of sp³-hybridized carbons (Fsp3) is 0.400. The molecule has 3 N–H and O–H groups in total. The fourth-order valence-corrected chi connectivity index (χ4v) is 12.3. The van der Waals surface area contributed by atoms with Crippen LogP contribution in [0.3, 0.4) is 0 Å². The molecule has 1 aliphatic carbocycles. The highest BCUT2D eigenvalue weighted by molar-refractivity contribution is 6.24. The lowest BCUT2D eigenvalue weighted by Gasteiger charge is -2.46. The monoisotopic (exact) mass is 968 g/mol. The van der Waals surface area contributed by atoms with Gasteiger partial charge >= 0.3 is 12.0 Å². The molecule has 72 heavy (non-hydrogen) atoms. The van der Waals surface area contributed by atoms with Crippen molar-refractivity contribution in [2.24, 2.45) is 5.92 Å². The highest BCUT2D eigenvalue weighted by Gasteiger charge is 2.76. The Labute approximate surface area is 422 Å². The number of benzene rings is 5. The van der Waals surface area contributed by atoms with E-state index in [4.69, 9.17) is 9.47 Å². The molecule has 372 valence electrons. The van der Waals surface area contributed by atoms with Gasteiger partial charge in [-0.15, -0.1) is 0 Å². The van der Waals surface area contributed by atoms with Crippen molar-refractivity contribution in [1.82, 2.24) is 15.1 Å². The van der Waals surface area contributed by atoms with Gasteiger partial charge in [-0.25, -0.2) is 9.69 Å². The van der Waals surface area contributed by atoms with E-state index in [9.17, 15) is 10.2 Å². The molecule has 4 amide bonds. The molecule has 3 saturated heterocycles. The number of hydrogen-bond acceptors (Lipinski definition) is 9. The predicted octanol–water partition coefficient (Wildman–Crippen LogP) is 9.42. The molecule has 0 bridgehead atoms. The first-order valence-electron chi connectivity index (χ1n) is 25.9. The van der Waals surface area contributed by atoms with Gasteiger partial charge in [0.25, 0.3) is 0 Å². The number of carbonyl (C=O) groups is 4. The Bertz CT molecular complexity index is 2820. The van der Waals surface area contributed by atoms with Gasteiger partial charge in [0.15, 0.2) is 0 Å². The zero-order valence-corrected chi connectivity index (χ0v) is 41.0. The Morgan fingerprint density at radius 1 is 0.764 bits per heavy atom. The van der Waals surface area contributed by atoms with Crippen LogP contribution in [0.5, 0.6) is 5.75 Å². The summed E-state index contributed by atoms with van der Waals surface area (Å²) in [6.07, 6.45) is 8.25. The topological polar surface area (TPSA) is 149 Å². The summed E-state index contributed by atoms with van der Waals surface area (Å²) in [4.78, 5) is 69.5. The van der Waals surface area contributed by atoms with Crippen LogP contribution in [0.15, 0.2) is 133 Å². The van der Waals surface area contributed by atoms with Crippen molar-refractivity contribution in [3.8, 4) is 17.6 Å². The Morgan fingerprint density at radius 3 is 2.06 bits per heavy atom. The van der Waals surface area contributed by atoms with Gasteiger partial charge in [-0.1, -0.05) is 153 Å². The lowest BCUT2D eigenvalue weighted by molar-refractivity contribution is -0.179. The van der Waals surface area contributed by atoms with E-state index in [0.717, 1.165) is 74.5 Å². The number of nitrogens with one attached hydrogen (secondary N) is 1. The second kappa shape index (κ2) is 21.1. The molecule has 4 heterocycles. The van der Waals surface area contributed by atoms with Crippen LogP contribution in [-0.4, -0.2) is 81.8 Å². The zero-order valence-electron chi connectivity index (χ0n) is 41.0. The van der Waals surface area contributed by atoms with E-state index in [0.29, 0.717) is 48.4 Å². The normalized spacial score (nSPS) is 25.4. The highest BCUT2D eigenvalue weighted by atomic mass is 16.6. The Morgan fingerprint density at radius 2 is 1.38 bits per heavy atom. The van der Waals surface area contributed by atoms with E-state index in [1.807, 2.05) is 132 Å². The summed E-state index contributed by atoms with van der Waals surface area (Å²) in [5.41, 5.74) is 0.676. The van der Waals surface area contributed by atoms with Gasteiger partial charge in [-0.3, -0.25) is 19.3 Å². The number of nitrogens with zero attached hydrogens (tertiary/aromatic N) is 3. The van der Waals surface area contributed by atoms with Crippen molar-refractivity contribution in [1.29, 1.82) is 0 Å². The van der Waals surface area contributed by atoms with E-state index in [1.165, 1.54) is 4.90 Å². The molecule has 5 aromatic carbocycles. The van der Waals surface area contributed by atoms with Crippen LogP contribution in [-0.2, 0) is 24.5 Å². The van der Waals surface area contributed by atoms with Crippen molar-refractivity contribution in [3.05, 3.63) is 167 Å². The second-order valence-electron chi connectivity index (χ2n) is 20.1. The summed E-state index contributed by atoms with van der Waals surface area (Å²) in [6.45, 7) is 2.32. The van der Waals surface area contributed by atoms with E-state index >= 15 is 19.2 Å². The summed E-state index contributed by atoms with van der Waals surface area (Å²) in [6, 6.07) is 36.8. The maximum atomic E-state index is 17.0. The van der Waals surface area contributed by atoms with Crippen molar-refractivity contribution < 1.29 is 38.9 Å². The van der Waals surface area contributed by atoms with Gasteiger partial charge in [0, 0.05) is 24.2 Å². The lowest BCUT2D eigenvalue weighted by Crippen LogP contribution is -2.57. The van der Waals surface area contributed by atoms with Gasteiger partial charge in [-0.2, -0.15) is 0 Å². The van der Waals surface area contributed by atoms with E-state index in [2.05, 4.69) is 17.2 Å². The summed E-state index contributed by atoms with van der Waals surface area (Å²) >= 11 is 0. The summed E-state index contributed by atoms with van der Waals surface area (Å²) in [5, 5.41) is 25.2. The number of hydrogen-bond donors (Lipinski definition) is 3. The third-order valence-electron chi connectivity index (χ3n) is 15.7. The number of para-hydroxylation sites is 1. The summed E-state index contributed by atoms with van der Waals surface area (Å²) in [7, 11) is 0. The largest absolute Gasteiger partial charge is 0.491 e. The number of fused-ring (bicyclic) bond motifs is 3. The number of carbonyl (C=O) groups excluding carboxylic acids is 4. The maximum absolute atomic E-state index is 17.0. The molecule has 7 atom stereocenters. The number of cyclic esters (lactones) is 1. The average molecular weight is 969 g/mol. The molecule has 0 radical (unpaired) electrons. The number of anilines is 1. The summed E-state index contributed by atoms with van der Waals surface area (Å²) in [5.74, 6) is 3.70. The molecule has 1 spiro atoms. The smallest absolute Gasteiger partial charge is 0.329 e. The molecule has 5 aliphatic rings. The molecule has 0 unspecified atom stereocenters. The van der Waals surface area contributed by atoms with E-state index in [1.54, 1.807) is 18.2 Å². The van der Waals surface area contributed by atoms with Crippen LogP contribution in [0.25, 0.3) is 0 Å². The maximum Gasteiger partial charge on any atom is 0.329 e. The average Bonchev–Trinajstić information content (AvgIpc) is 3.73. The minimum absolute atomic E-state index is 0.0772. The van der Waals surface area contributed by atoms with E-state index < -0.39 is 65.1 Å². The van der Waals surface area contributed by atoms with Gasteiger partial charge in [0.2, 0.25) is 11.8 Å². The number of ether oxygens (including phenoxy) is 2. The van der Waals surface area contributed by atoms with Crippen molar-refractivity contribution in [2.45, 2.75) is 119 Å². The molecular weight excluding hydrogens is 905 g/mol. The Hall–Kier alpha value is -6.78. The third kappa shape index (κ3) is 9.08. The SMILES string of the molecule is C[C@@H](NC(=O)N1C(=O)[C@@]2(c3cc(C#CC4(O)CCCCCC4)ccc31)[C@H](C(=O)N1CCCCCCC1)[C@H]1C(=O)O[C@H](c3ccccc3)[C@H](c3ccccc3)N1[C@@H]2c1ccccc1OCCO)c1ccccc1. The quantitative estimate of drug-likeness (QED) is 0.0747. The molecule has 10 rings (SSSR count). The molecule has 5 aromatic rings. The fourth-order valence-electron chi connectivity index (χ4n) is 12.3. The number of aliphatic hydroxyl groups is 2. The van der Waals surface area contributed by atoms with Crippen molar-refractivity contribution >= 4 is 29.5 Å². The van der Waals surface area contributed by atoms with Crippen LogP contribution < -0.4 is 15.0 Å². The third-order valence-corrected chi connectivity index (χ3v) is 15.7. The number of morpholine rings is 1. The van der Waals surface area contributed by atoms with E-state index in [-0.39, 0.29) is 24.8 Å². The standard InChI is InChI=1S/C60H64N4O8/c1-41(43-22-10-7-11-23-43)61-58(69)63-48-31-30-42(32-35-59(70)33-18-3-4-19-34-59)40-47(48)60(57(63)68)50(55(66)62-36-20-5-2-6-21-37-62)52-56(67)72-53(45-26-14-9-15-27-45)51(44-24-12-8-13-25-44)64(52)54(60)46-28-16-17-29-49(46)71-39-38-65/h7-17,22-31,40-41,50-54,65,70H,2-6,18-21,33-34,36-39H2,1H3,(H,61,69)/t41-,50+,51+,52+,53-,54-,60+/m1/s1. The van der Waals surface area contributed by atoms with Crippen LogP contribution in [0.2, 0.25) is 0 Å². The number of urea groups is 1. The van der Waals surface area contributed by atoms with Crippen LogP contribution in [0.1, 0.15) is 135 Å². The minimum Gasteiger partial charge on any atom is -0.491 e. The lowest BCUT2D eigenvalue weighted by atomic mass is 9.64. The number of likely N-dealkylation sites (tertiary alicyclic amines) is 1. The number of aliphatic hydroxyl groups excluding tert-OH is 1. The van der Waals surface area contributed by atoms with Gasteiger partial charge in [0.1, 0.15) is 35.5 Å². The number of esters is 1. The number of imide groups is 1. The molecule has 12 nitrogen and oxygen atoms in total. The van der Waals surface area contributed by atoms with Crippen LogP contribution in [0.4, 0.5) is 10.5 Å². The number of amides is 4. The van der Waals surface area contributed by atoms with Gasteiger partial charge in [0.05, 0.1) is 36.3 Å². The molecule has 4 aliphatic heterocycles.